The summed E-state index contributed by atoms with van der Waals surface area (Å²) in [6.45, 7) is 5.93. The number of nitrogens with zero attached hydrogens (tertiary/aromatic N) is 1. The first-order chi connectivity index (χ1) is 13.2. The van der Waals surface area contributed by atoms with Gasteiger partial charge in [0.2, 0.25) is 0 Å². The van der Waals surface area contributed by atoms with E-state index in [1.807, 2.05) is 24.3 Å². The van der Waals surface area contributed by atoms with E-state index >= 15 is 0 Å². The molecule has 7 heteroatoms. The molecule has 0 aromatic heterocycles. The largest absolute Gasteiger partial charge is 0.487 e. The van der Waals surface area contributed by atoms with Gasteiger partial charge in [0.25, 0.3) is 0 Å². The summed E-state index contributed by atoms with van der Waals surface area (Å²) in [5.74, 6) is 1.48. The Bertz CT molecular complexity index is 565. The molecule has 6 nitrogen and oxygen atoms in total. The van der Waals surface area contributed by atoms with Crippen molar-refractivity contribution in [1.82, 2.24) is 10.6 Å². The lowest BCUT2D eigenvalue weighted by Gasteiger charge is -2.22. The van der Waals surface area contributed by atoms with E-state index in [0.717, 1.165) is 58.0 Å². The summed E-state index contributed by atoms with van der Waals surface area (Å²) < 4.78 is 17.2. The van der Waals surface area contributed by atoms with Crippen LogP contribution in [0.3, 0.4) is 0 Å². The molecule has 27 heavy (non-hydrogen) atoms. The van der Waals surface area contributed by atoms with Crippen LogP contribution < -0.4 is 15.4 Å². The highest BCUT2D eigenvalue weighted by atomic mass is 35.5. The molecule has 0 amide bonds. The minimum atomic E-state index is 0.0142. The van der Waals surface area contributed by atoms with Crippen molar-refractivity contribution in [2.24, 2.45) is 4.99 Å². The number of rotatable bonds is 10. The van der Waals surface area contributed by atoms with Crippen LogP contribution in [0.1, 0.15) is 32.6 Å². The zero-order valence-corrected chi connectivity index (χ0v) is 17.1. The van der Waals surface area contributed by atoms with E-state index in [4.69, 9.17) is 25.8 Å². The molecule has 152 valence electrons. The van der Waals surface area contributed by atoms with Crippen LogP contribution in [-0.4, -0.2) is 58.1 Å². The van der Waals surface area contributed by atoms with Crippen LogP contribution in [0.4, 0.5) is 0 Å². The third-order valence-corrected chi connectivity index (χ3v) is 4.75. The Morgan fingerprint density at radius 1 is 1.30 bits per heavy atom. The Morgan fingerprint density at radius 3 is 2.78 bits per heavy atom. The van der Waals surface area contributed by atoms with Crippen LogP contribution in [-0.2, 0) is 9.47 Å². The van der Waals surface area contributed by atoms with Gasteiger partial charge in [0.05, 0.1) is 17.7 Å². The van der Waals surface area contributed by atoms with E-state index < -0.39 is 0 Å². The number of hydrogen-bond donors (Lipinski definition) is 2. The molecule has 1 aliphatic rings. The number of nitrogens with one attached hydrogen (secondary N) is 2. The van der Waals surface area contributed by atoms with Crippen molar-refractivity contribution in [3.8, 4) is 5.75 Å². The highest BCUT2D eigenvalue weighted by Crippen LogP contribution is 2.24. The Hall–Kier alpha value is -1.50. The standard InChI is InChI=1S/C20H32ClN3O3/c1-3-16(27-19-8-5-4-7-18(19)21)15-24-20(22-2)23-11-6-12-26-17-9-13-25-14-10-17/h4-5,7-8,16-17H,3,6,9-15H2,1-2H3,(H2,22,23,24). The summed E-state index contributed by atoms with van der Waals surface area (Å²) >= 11 is 6.17. The predicted molar refractivity (Wildman–Crippen MR) is 110 cm³/mol. The monoisotopic (exact) mass is 397 g/mol. The molecule has 2 N–H and O–H groups in total. The molecule has 0 bridgehead atoms. The second kappa shape index (κ2) is 12.8. The number of benzene rings is 1. The minimum Gasteiger partial charge on any atom is -0.487 e. The lowest BCUT2D eigenvalue weighted by Crippen LogP contribution is -2.43. The van der Waals surface area contributed by atoms with E-state index in [0.29, 0.717) is 23.4 Å². The van der Waals surface area contributed by atoms with Crippen molar-refractivity contribution in [2.75, 3.05) is 40.0 Å². The van der Waals surface area contributed by atoms with Gasteiger partial charge in [-0.25, -0.2) is 0 Å². The van der Waals surface area contributed by atoms with Crippen molar-refractivity contribution in [2.45, 2.75) is 44.8 Å². The van der Waals surface area contributed by atoms with Gasteiger partial charge in [-0.3, -0.25) is 4.99 Å². The number of hydrogen-bond acceptors (Lipinski definition) is 4. The molecule has 0 spiro atoms. The van der Waals surface area contributed by atoms with E-state index in [2.05, 4.69) is 22.5 Å². The maximum atomic E-state index is 6.17. The molecule has 1 atom stereocenters. The predicted octanol–water partition coefficient (Wildman–Crippen LogP) is 3.25. The summed E-state index contributed by atoms with van der Waals surface area (Å²) in [5, 5.41) is 7.26. The Balaban J connectivity index is 1.62. The number of para-hydroxylation sites is 1. The van der Waals surface area contributed by atoms with Crippen molar-refractivity contribution >= 4 is 17.6 Å². The molecule has 1 heterocycles. The lowest BCUT2D eigenvalue weighted by atomic mass is 10.1. The van der Waals surface area contributed by atoms with E-state index in [1.165, 1.54) is 0 Å². The molecule has 1 fully saturated rings. The normalized spacial score (nSPS) is 16.8. The minimum absolute atomic E-state index is 0.0142. The van der Waals surface area contributed by atoms with Gasteiger partial charge >= 0.3 is 0 Å². The summed E-state index contributed by atoms with van der Waals surface area (Å²) in [6.07, 6.45) is 4.17. The fourth-order valence-corrected chi connectivity index (χ4v) is 2.97. The van der Waals surface area contributed by atoms with Gasteiger partial charge in [0.15, 0.2) is 5.96 Å². The molecule has 1 saturated heterocycles. The first-order valence-electron chi connectivity index (χ1n) is 9.78. The highest BCUT2D eigenvalue weighted by Gasteiger charge is 2.14. The highest BCUT2D eigenvalue weighted by molar-refractivity contribution is 6.32. The fraction of sp³-hybridized carbons (Fsp3) is 0.650. The number of ether oxygens (including phenoxy) is 3. The molecule has 0 aliphatic carbocycles. The summed E-state index contributed by atoms with van der Waals surface area (Å²) in [7, 11) is 1.77. The van der Waals surface area contributed by atoms with Crippen LogP contribution in [0.15, 0.2) is 29.3 Å². The van der Waals surface area contributed by atoms with Gasteiger partial charge in [-0.1, -0.05) is 30.7 Å². The average molecular weight is 398 g/mol. The van der Waals surface area contributed by atoms with Crippen LogP contribution in [0.2, 0.25) is 5.02 Å². The van der Waals surface area contributed by atoms with Gasteiger partial charge in [0.1, 0.15) is 11.9 Å². The molecule has 0 saturated carbocycles. The Kier molecular flexibility index (Phi) is 10.3. The van der Waals surface area contributed by atoms with Crippen molar-refractivity contribution in [3.05, 3.63) is 29.3 Å². The second-order valence-corrected chi connectivity index (χ2v) is 6.90. The van der Waals surface area contributed by atoms with Crippen LogP contribution in [0.25, 0.3) is 0 Å². The maximum Gasteiger partial charge on any atom is 0.191 e. The Labute approximate surface area is 167 Å². The van der Waals surface area contributed by atoms with E-state index in [9.17, 15) is 0 Å². The first kappa shape index (κ1) is 21.8. The quantitative estimate of drug-likeness (QED) is 0.360. The van der Waals surface area contributed by atoms with Crippen molar-refractivity contribution in [3.63, 3.8) is 0 Å². The van der Waals surface area contributed by atoms with Gasteiger partial charge < -0.3 is 24.8 Å². The third kappa shape index (κ3) is 8.37. The van der Waals surface area contributed by atoms with Crippen molar-refractivity contribution < 1.29 is 14.2 Å². The molecular formula is C20H32ClN3O3. The summed E-state index contributed by atoms with van der Waals surface area (Å²) in [5.41, 5.74) is 0. The molecule has 1 unspecified atom stereocenters. The van der Waals surface area contributed by atoms with Crippen molar-refractivity contribution in [1.29, 1.82) is 0 Å². The second-order valence-electron chi connectivity index (χ2n) is 6.49. The van der Waals surface area contributed by atoms with Gasteiger partial charge in [-0.05, 0) is 37.8 Å². The molecule has 1 aromatic rings. The van der Waals surface area contributed by atoms with Crippen LogP contribution in [0.5, 0.6) is 5.75 Å². The molecule has 1 aliphatic heterocycles. The van der Waals surface area contributed by atoms with E-state index in [-0.39, 0.29) is 6.10 Å². The molecule has 0 radical (unpaired) electrons. The fourth-order valence-electron chi connectivity index (χ4n) is 2.79. The SMILES string of the molecule is CCC(CNC(=NC)NCCCOC1CCOCC1)Oc1ccccc1Cl. The number of halogens is 1. The van der Waals surface area contributed by atoms with Crippen LogP contribution >= 0.6 is 11.6 Å². The average Bonchev–Trinajstić information content (AvgIpc) is 2.71. The smallest absolute Gasteiger partial charge is 0.191 e. The third-order valence-electron chi connectivity index (χ3n) is 4.44. The van der Waals surface area contributed by atoms with Gasteiger partial charge in [-0.2, -0.15) is 0 Å². The number of guanidine groups is 1. The topological polar surface area (TPSA) is 64.1 Å². The lowest BCUT2D eigenvalue weighted by molar-refractivity contribution is -0.0320. The van der Waals surface area contributed by atoms with E-state index in [1.54, 1.807) is 7.05 Å². The molecule has 1 aromatic carbocycles. The maximum absolute atomic E-state index is 6.17. The molecule has 2 rings (SSSR count). The molecular weight excluding hydrogens is 366 g/mol. The zero-order chi connectivity index (χ0) is 19.3. The van der Waals surface area contributed by atoms with Gasteiger partial charge in [-0.15, -0.1) is 0 Å². The zero-order valence-electron chi connectivity index (χ0n) is 16.4. The Morgan fingerprint density at radius 2 is 2.07 bits per heavy atom. The summed E-state index contributed by atoms with van der Waals surface area (Å²) in [6, 6.07) is 7.53. The van der Waals surface area contributed by atoms with Gasteiger partial charge in [0, 0.05) is 33.4 Å². The first-order valence-corrected chi connectivity index (χ1v) is 10.2. The van der Waals surface area contributed by atoms with Crippen LogP contribution in [0, 0.1) is 0 Å². The number of aliphatic imine (C=N–C) groups is 1. The summed E-state index contributed by atoms with van der Waals surface area (Å²) in [4.78, 5) is 4.26.